The van der Waals surface area contributed by atoms with E-state index in [1.807, 2.05) is 0 Å². The van der Waals surface area contributed by atoms with Crippen molar-refractivity contribution in [2.45, 2.75) is 31.6 Å². The number of fused-ring (bicyclic) bond motifs is 1. The van der Waals surface area contributed by atoms with Gasteiger partial charge in [0.15, 0.2) is 16.8 Å². The van der Waals surface area contributed by atoms with E-state index in [4.69, 9.17) is 9.81 Å². The van der Waals surface area contributed by atoms with Crippen LogP contribution in [0.4, 0.5) is 13.2 Å². The molecule has 0 saturated carbocycles. The second kappa shape index (κ2) is 9.94. The standard InChI is InChI=1S/C22H20F3N5O6S/c23-22(24,25)14-10-12(3-4-13(14)11-26)20(33)29-5-1-2-15(29)18-27-19(32)17(31)16-21(34)28(6-7-30(16)18)8-9-37(35)36/h3-4,10,15,31H,1-2,5-9H2,(H,35,36)/t15-/m0/s1. The number of nitrogens with zero attached hydrogens (tertiary/aromatic N) is 5. The molecule has 0 bridgehead atoms. The Bertz CT molecular complexity index is 1400. The van der Waals surface area contributed by atoms with Crippen LogP contribution in [-0.2, 0) is 23.8 Å². The first-order valence-electron chi connectivity index (χ1n) is 11.1. The number of carbonyl (C=O) groups is 2. The Hall–Kier alpha value is -3.77. The SMILES string of the molecule is N#Cc1ccc(C(=O)N2CCC[C@H]2c2nc(=O)c(O)c3n2CCN(CCS(=O)O)C3=O)cc1C(F)(F)F. The summed E-state index contributed by atoms with van der Waals surface area (Å²) in [6.07, 6.45) is -4.12. The zero-order valence-electron chi connectivity index (χ0n) is 19.1. The Balaban J connectivity index is 1.72. The number of alkyl halides is 3. The van der Waals surface area contributed by atoms with Gasteiger partial charge < -0.3 is 24.0 Å². The molecule has 3 heterocycles. The largest absolute Gasteiger partial charge is 0.501 e. The van der Waals surface area contributed by atoms with E-state index >= 15 is 0 Å². The van der Waals surface area contributed by atoms with Crippen molar-refractivity contribution in [1.82, 2.24) is 19.4 Å². The van der Waals surface area contributed by atoms with Crippen LogP contribution >= 0.6 is 0 Å². The number of amides is 2. The van der Waals surface area contributed by atoms with Crippen LogP contribution in [-0.4, -0.2) is 70.4 Å². The normalized spacial score (nSPS) is 18.5. The lowest BCUT2D eigenvalue weighted by Crippen LogP contribution is -2.45. The lowest BCUT2D eigenvalue weighted by molar-refractivity contribution is -0.137. The van der Waals surface area contributed by atoms with Crippen LogP contribution in [0.5, 0.6) is 5.75 Å². The molecule has 2 aliphatic rings. The zero-order chi connectivity index (χ0) is 27.1. The van der Waals surface area contributed by atoms with Gasteiger partial charge in [-0.25, -0.2) is 4.21 Å². The van der Waals surface area contributed by atoms with Crippen molar-refractivity contribution in [3.05, 3.63) is 56.8 Å². The molecule has 0 spiro atoms. The van der Waals surface area contributed by atoms with Crippen molar-refractivity contribution in [2.24, 2.45) is 0 Å². The molecule has 37 heavy (non-hydrogen) atoms. The Morgan fingerprint density at radius 2 is 1.97 bits per heavy atom. The van der Waals surface area contributed by atoms with E-state index in [1.54, 1.807) is 0 Å². The molecule has 15 heteroatoms. The first-order chi connectivity index (χ1) is 17.4. The van der Waals surface area contributed by atoms with E-state index in [-0.39, 0.29) is 49.0 Å². The minimum Gasteiger partial charge on any atom is -0.501 e. The number of likely N-dealkylation sites (tertiary alicyclic amines) is 1. The van der Waals surface area contributed by atoms with Crippen molar-refractivity contribution >= 4 is 22.9 Å². The predicted molar refractivity (Wildman–Crippen MR) is 121 cm³/mol. The molecule has 2 amide bonds. The lowest BCUT2D eigenvalue weighted by atomic mass is 10.0. The van der Waals surface area contributed by atoms with Gasteiger partial charge >= 0.3 is 11.7 Å². The maximum absolute atomic E-state index is 13.4. The Morgan fingerprint density at radius 3 is 2.62 bits per heavy atom. The summed E-state index contributed by atoms with van der Waals surface area (Å²) in [7, 11) is 0. The average Bonchev–Trinajstić information content (AvgIpc) is 3.33. The van der Waals surface area contributed by atoms with Gasteiger partial charge in [0, 0.05) is 31.7 Å². The summed E-state index contributed by atoms with van der Waals surface area (Å²) in [5.41, 5.74) is -3.67. The van der Waals surface area contributed by atoms with Crippen LogP contribution < -0.4 is 5.56 Å². The number of benzene rings is 1. The fraction of sp³-hybridized carbons (Fsp3) is 0.409. The van der Waals surface area contributed by atoms with Crippen molar-refractivity contribution in [1.29, 1.82) is 5.26 Å². The molecule has 4 rings (SSSR count). The maximum Gasteiger partial charge on any atom is 0.417 e. The van der Waals surface area contributed by atoms with Crippen LogP contribution in [0.3, 0.4) is 0 Å². The fourth-order valence-electron chi connectivity index (χ4n) is 4.59. The second-order valence-corrected chi connectivity index (χ2v) is 9.52. The Morgan fingerprint density at radius 1 is 1.24 bits per heavy atom. The highest BCUT2D eigenvalue weighted by atomic mass is 32.2. The highest BCUT2D eigenvalue weighted by Gasteiger charge is 2.39. The number of nitriles is 1. The number of rotatable bonds is 5. The number of carbonyl (C=O) groups excluding carboxylic acids is 2. The molecule has 2 N–H and O–H groups in total. The summed E-state index contributed by atoms with van der Waals surface area (Å²) in [6, 6.07) is 3.23. The van der Waals surface area contributed by atoms with Gasteiger partial charge in [0.1, 0.15) is 5.82 Å². The molecule has 1 saturated heterocycles. The number of aromatic hydroxyl groups is 1. The van der Waals surface area contributed by atoms with Crippen molar-refractivity contribution < 1.29 is 36.6 Å². The molecular formula is C22H20F3N5O6S. The first kappa shape index (κ1) is 26.3. The van der Waals surface area contributed by atoms with Gasteiger partial charge in [-0.3, -0.25) is 14.4 Å². The molecule has 11 nitrogen and oxygen atoms in total. The molecule has 0 aliphatic carbocycles. The van der Waals surface area contributed by atoms with Gasteiger partial charge in [0.05, 0.1) is 29.0 Å². The summed E-state index contributed by atoms with van der Waals surface area (Å²) in [5.74, 6) is -2.66. The van der Waals surface area contributed by atoms with Crippen molar-refractivity contribution in [3.8, 4) is 11.8 Å². The fourth-order valence-corrected chi connectivity index (χ4v) is 4.96. The molecule has 1 fully saturated rings. The van der Waals surface area contributed by atoms with Crippen molar-refractivity contribution in [3.63, 3.8) is 0 Å². The second-order valence-electron chi connectivity index (χ2n) is 8.47. The molecule has 2 atom stereocenters. The van der Waals surface area contributed by atoms with Crippen LogP contribution in [0.15, 0.2) is 23.0 Å². The first-order valence-corrected chi connectivity index (χ1v) is 12.3. The topological polar surface area (TPSA) is 157 Å². The van der Waals surface area contributed by atoms with Gasteiger partial charge in [-0.15, -0.1) is 0 Å². The third-order valence-electron chi connectivity index (χ3n) is 6.31. The van der Waals surface area contributed by atoms with E-state index in [0.717, 1.165) is 12.1 Å². The van der Waals surface area contributed by atoms with Crippen LogP contribution in [0.1, 0.15) is 56.7 Å². The number of halogens is 3. The molecule has 1 unspecified atom stereocenters. The molecule has 1 aromatic carbocycles. The molecular weight excluding hydrogens is 519 g/mol. The van der Waals surface area contributed by atoms with Gasteiger partial charge in [0.2, 0.25) is 5.75 Å². The van der Waals surface area contributed by atoms with Gasteiger partial charge in [-0.1, -0.05) is 0 Å². The monoisotopic (exact) mass is 539 g/mol. The van der Waals surface area contributed by atoms with E-state index in [1.165, 1.54) is 20.4 Å². The van der Waals surface area contributed by atoms with Crippen molar-refractivity contribution in [2.75, 3.05) is 25.4 Å². The summed E-state index contributed by atoms with van der Waals surface area (Å²) in [6.45, 7) is 0.176. The quantitative estimate of drug-likeness (QED) is 0.542. The Kier molecular flexibility index (Phi) is 7.07. The zero-order valence-corrected chi connectivity index (χ0v) is 19.9. The summed E-state index contributed by atoms with van der Waals surface area (Å²) < 4.78 is 61.6. The maximum atomic E-state index is 13.4. The number of aromatic nitrogens is 2. The predicted octanol–water partition coefficient (Wildman–Crippen LogP) is 1.49. The summed E-state index contributed by atoms with van der Waals surface area (Å²) in [4.78, 5) is 45.1. The minimum atomic E-state index is -4.86. The Labute approximate surface area is 210 Å². The molecule has 2 aliphatic heterocycles. The van der Waals surface area contributed by atoms with Crippen LogP contribution in [0.25, 0.3) is 0 Å². The van der Waals surface area contributed by atoms with Crippen LogP contribution in [0, 0.1) is 11.3 Å². The highest BCUT2D eigenvalue weighted by Crippen LogP contribution is 2.36. The summed E-state index contributed by atoms with van der Waals surface area (Å²) >= 11 is -2.16. The minimum absolute atomic E-state index is 0.00655. The van der Waals surface area contributed by atoms with E-state index in [2.05, 4.69) is 4.98 Å². The van der Waals surface area contributed by atoms with E-state index in [0.29, 0.717) is 18.9 Å². The molecule has 196 valence electrons. The highest BCUT2D eigenvalue weighted by molar-refractivity contribution is 7.79. The lowest BCUT2D eigenvalue weighted by Gasteiger charge is -2.33. The van der Waals surface area contributed by atoms with Gasteiger partial charge in [-0.05, 0) is 31.0 Å². The van der Waals surface area contributed by atoms with Crippen LogP contribution in [0.2, 0.25) is 0 Å². The molecule has 2 aromatic rings. The number of hydrogen-bond acceptors (Lipinski definition) is 7. The summed E-state index contributed by atoms with van der Waals surface area (Å²) in [5, 5.41) is 19.3. The molecule has 0 radical (unpaired) electrons. The average molecular weight is 539 g/mol. The van der Waals surface area contributed by atoms with Gasteiger partial charge in [-0.2, -0.15) is 23.4 Å². The van der Waals surface area contributed by atoms with E-state index in [9.17, 15) is 36.9 Å². The molecule has 1 aromatic heterocycles. The van der Waals surface area contributed by atoms with Gasteiger partial charge in [0.25, 0.3) is 11.8 Å². The van der Waals surface area contributed by atoms with E-state index < -0.39 is 57.5 Å². The third-order valence-corrected chi connectivity index (χ3v) is 6.84. The third kappa shape index (κ3) is 4.94. The number of hydrogen-bond donors (Lipinski definition) is 2. The smallest absolute Gasteiger partial charge is 0.417 e.